The van der Waals surface area contributed by atoms with Crippen molar-refractivity contribution in [2.75, 3.05) is 30.3 Å². The number of hydrogen-bond acceptors (Lipinski definition) is 5. The van der Waals surface area contributed by atoms with Crippen LogP contribution in [-0.2, 0) is 9.84 Å². The smallest absolute Gasteiger partial charge is 0.166 e. The molecule has 2 atom stereocenters. The molecule has 0 bridgehead atoms. The highest BCUT2D eigenvalue weighted by Crippen LogP contribution is 2.31. The zero-order valence-electron chi connectivity index (χ0n) is 12.7. The van der Waals surface area contributed by atoms with Gasteiger partial charge in [0.2, 0.25) is 0 Å². The second-order valence-corrected chi connectivity index (χ2v) is 8.92. The van der Waals surface area contributed by atoms with Crippen LogP contribution in [0.5, 0.6) is 0 Å². The van der Waals surface area contributed by atoms with E-state index in [1.165, 1.54) is 5.56 Å². The Morgan fingerprint density at radius 1 is 1.43 bits per heavy atom. The van der Waals surface area contributed by atoms with Gasteiger partial charge in [-0.15, -0.1) is 0 Å². The molecule has 2 rings (SSSR count). The van der Waals surface area contributed by atoms with E-state index in [1.807, 2.05) is 12.1 Å². The highest BCUT2D eigenvalue weighted by atomic mass is 32.2. The quantitative estimate of drug-likeness (QED) is 0.893. The number of hydrogen-bond donors (Lipinski definition) is 1. The van der Waals surface area contributed by atoms with Crippen LogP contribution < -0.4 is 5.73 Å². The predicted molar refractivity (Wildman–Crippen MR) is 90.3 cm³/mol. The lowest BCUT2D eigenvalue weighted by Gasteiger charge is -2.40. The van der Waals surface area contributed by atoms with Gasteiger partial charge in [0, 0.05) is 36.4 Å². The Morgan fingerprint density at radius 3 is 2.76 bits per heavy atom. The van der Waals surface area contributed by atoms with Gasteiger partial charge < -0.3 is 5.73 Å². The topological polar surface area (TPSA) is 63.4 Å². The zero-order chi connectivity index (χ0) is 15.5. The Labute approximate surface area is 132 Å². The summed E-state index contributed by atoms with van der Waals surface area (Å²) in [6.45, 7) is 4.98. The minimum atomic E-state index is -3.10. The third-order valence-electron chi connectivity index (χ3n) is 4.11. The number of rotatable bonds is 5. The Balaban J connectivity index is 2.37. The van der Waals surface area contributed by atoms with Crippen molar-refractivity contribution in [3.63, 3.8) is 0 Å². The molecule has 0 saturated carbocycles. The van der Waals surface area contributed by atoms with Gasteiger partial charge in [-0.3, -0.25) is 4.90 Å². The van der Waals surface area contributed by atoms with Gasteiger partial charge in [-0.25, -0.2) is 8.42 Å². The van der Waals surface area contributed by atoms with Crippen molar-refractivity contribution >= 4 is 21.6 Å². The predicted octanol–water partition coefficient (Wildman–Crippen LogP) is 1.80. The summed E-state index contributed by atoms with van der Waals surface area (Å²) < 4.78 is 24.8. The molecule has 0 aromatic heterocycles. The normalized spacial score (nSPS) is 22.1. The van der Waals surface area contributed by atoms with Gasteiger partial charge in [0.05, 0.1) is 0 Å². The van der Waals surface area contributed by atoms with E-state index in [0.717, 1.165) is 17.9 Å². The first-order valence-electron chi connectivity index (χ1n) is 7.32. The summed E-state index contributed by atoms with van der Waals surface area (Å²) in [7, 11) is -3.10. The molecule has 1 heterocycles. The number of thioether (sulfide) groups is 1. The number of benzene rings is 1. The van der Waals surface area contributed by atoms with E-state index >= 15 is 0 Å². The van der Waals surface area contributed by atoms with Gasteiger partial charge in [-0.1, -0.05) is 31.2 Å². The summed E-state index contributed by atoms with van der Waals surface area (Å²) in [5.41, 5.74) is 8.32. The van der Waals surface area contributed by atoms with Crippen molar-refractivity contribution in [2.24, 2.45) is 5.73 Å². The van der Waals surface area contributed by atoms with E-state index in [2.05, 4.69) is 24.0 Å². The molecule has 0 amide bonds. The van der Waals surface area contributed by atoms with Crippen LogP contribution in [0.2, 0.25) is 0 Å². The summed E-state index contributed by atoms with van der Waals surface area (Å²) in [4.78, 5) is 2.09. The lowest BCUT2D eigenvalue weighted by molar-refractivity contribution is 0.197. The number of nitrogens with two attached hydrogens (primary N) is 1. The van der Waals surface area contributed by atoms with Crippen LogP contribution in [0.4, 0.5) is 0 Å². The number of sulfone groups is 1. The molecular formula is C15H24N2O2S2. The highest BCUT2D eigenvalue weighted by molar-refractivity contribution is 8.01. The molecule has 2 unspecified atom stereocenters. The van der Waals surface area contributed by atoms with E-state index in [-0.39, 0.29) is 11.8 Å². The maximum atomic E-state index is 12.4. The third-order valence-corrected chi connectivity index (χ3v) is 7.42. The Bertz CT molecular complexity index is 575. The Kier molecular flexibility index (Phi) is 5.71. The van der Waals surface area contributed by atoms with Crippen LogP contribution in [0, 0.1) is 6.92 Å². The molecule has 2 N–H and O–H groups in total. The minimum Gasteiger partial charge on any atom is -0.329 e. The molecule has 0 aliphatic carbocycles. The lowest BCUT2D eigenvalue weighted by Crippen LogP contribution is -2.51. The van der Waals surface area contributed by atoms with Crippen molar-refractivity contribution < 1.29 is 8.42 Å². The average Bonchev–Trinajstić information content (AvgIpc) is 2.50. The summed E-state index contributed by atoms with van der Waals surface area (Å²) in [5, 5.41) is -0.422. The van der Waals surface area contributed by atoms with Crippen LogP contribution in [0.3, 0.4) is 0 Å². The molecule has 1 saturated heterocycles. The van der Waals surface area contributed by atoms with Gasteiger partial charge in [0.15, 0.2) is 9.84 Å². The molecule has 0 radical (unpaired) electrons. The lowest BCUT2D eigenvalue weighted by atomic mass is 10.00. The molecular weight excluding hydrogens is 304 g/mol. The van der Waals surface area contributed by atoms with Gasteiger partial charge in [0.25, 0.3) is 0 Å². The maximum Gasteiger partial charge on any atom is 0.166 e. The highest BCUT2D eigenvalue weighted by Gasteiger charge is 2.37. The molecule has 1 fully saturated rings. The van der Waals surface area contributed by atoms with Gasteiger partial charge in [-0.2, -0.15) is 11.8 Å². The molecule has 0 spiro atoms. The number of nitrogens with zero attached hydrogens (tertiary/aromatic N) is 1. The molecule has 1 aliphatic rings. The first-order chi connectivity index (χ1) is 10.0. The molecule has 118 valence electrons. The van der Waals surface area contributed by atoms with Crippen molar-refractivity contribution in [1.82, 2.24) is 4.90 Å². The van der Waals surface area contributed by atoms with Crippen LogP contribution in [-0.4, -0.2) is 49.0 Å². The van der Waals surface area contributed by atoms with E-state index in [4.69, 9.17) is 5.73 Å². The summed E-state index contributed by atoms with van der Waals surface area (Å²) in [6.07, 6.45) is 0. The Hall–Kier alpha value is -0.560. The van der Waals surface area contributed by atoms with Gasteiger partial charge >= 0.3 is 0 Å². The summed E-state index contributed by atoms with van der Waals surface area (Å²) in [6, 6.07) is 8.08. The van der Waals surface area contributed by atoms with Crippen LogP contribution in [0.25, 0.3) is 0 Å². The van der Waals surface area contributed by atoms with E-state index in [9.17, 15) is 8.42 Å². The molecule has 1 aromatic carbocycles. The van der Waals surface area contributed by atoms with E-state index in [0.29, 0.717) is 12.3 Å². The third kappa shape index (κ3) is 3.62. The molecule has 1 aromatic rings. The molecule has 21 heavy (non-hydrogen) atoms. The summed E-state index contributed by atoms with van der Waals surface area (Å²) >= 11 is 1.71. The first-order valence-corrected chi connectivity index (χ1v) is 10.2. The standard InChI is InChI=1S/C15H24N2O2S2/c1-3-21(18,19)15-11-20-9-8-17(15)14(10-16)13-7-5-4-6-12(13)2/h4-7,14-15H,3,8-11,16H2,1-2H3. The fraction of sp³-hybridized carbons (Fsp3) is 0.600. The second kappa shape index (κ2) is 7.13. The van der Waals surface area contributed by atoms with Crippen LogP contribution >= 0.6 is 11.8 Å². The van der Waals surface area contributed by atoms with Gasteiger partial charge in [0.1, 0.15) is 5.37 Å². The average molecular weight is 329 g/mol. The van der Waals surface area contributed by atoms with Crippen molar-refractivity contribution in [2.45, 2.75) is 25.3 Å². The number of aryl methyl sites for hydroxylation is 1. The zero-order valence-corrected chi connectivity index (χ0v) is 14.3. The monoisotopic (exact) mass is 328 g/mol. The van der Waals surface area contributed by atoms with E-state index in [1.54, 1.807) is 18.7 Å². The largest absolute Gasteiger partial charge is 0.329 e. The second-order valence-electron chi connectivity index (χ2n) is 5.33. The van der Waals surface area contributed by atoms with Crippen molar-refractivity contribution in [3.05, 3.63) is 35.4 Å². The first kappa shape index (κ1) is 16.8. The van der Waals surface area contributed by atoms with Crippen LogP contribution in [0.1, 0.15) is 24.1 Å². The van der Waals surface area contributed by atoms with Crippen molar-refractivity contribution in [3.8, 4) is 0 Å². The molecule has 1 aliphatic heterocycles. The Morgan fingerprint density at radius 2 is 2.14 bits per heavy atom. The minimum absolute atomic E-state index is 0.0292. The van der Waals surface area contributed by atoms with E-state index < -0.39 is 15.2 Å². The molecule has 4 nitrogen and oxygen atoms in total. The molecule has 6 heteroatoms. The van der Waals surface area contributed by atoms with Crippen LogP contribution in [0.15, 0.2) is 24.3 Å². The fourth-order valence-electron chi connectivity index (χ4n) is 2.85. The van der Waals surface area contributed by atoms with Crippen molar-refractivity contribution in [1.29, 1.82) is 0 Å². The van der Waals surface area contributed by atoms with Gasteiger partial charge in [-0.05, 0) is 18.1 Å². The summed E-state index contributed by atoms with van der Waals surface area (Å²) in [5.74, 6) is 1.77. The SMILES string of the molecule is CCS(=O)(=O)C1CSCCN1C(CN)c1ccccc1C. The maximum absolute atomic E-state index is 12.4. The fourth-order valence-corrected chi connectivity index (χ4v) is 5.92.